The number of fused-ring (bicyclic) bond motifs is 4. The van der Waals surface area contributed by atoms with Crippen molar-refractivity contribution in [3.8, 4) is 5.00 Å². The minimum Gasteiger partial charge on any atom is -0.269 e. The molecule has 110 valence electrons. The van der Waals surface area contributed by atoms with Gasteiger partial charge in [0.15, 0.2) is 0 Å². The number of thiophene rings is 1. The molecule has 0 bridgehead atoms. The second-order valence-electron chi connectivity index (χ2n) is 5.34. The van der Waals surface area contributed by atoms with E-state index in [1.165, 1.54) is 0 Å². The van der Waals surface area contributed by atoms with Crippen LogP contribution in [-0.4, -0.2) is 14.0 Å². The molecule has 0 saturated carbocycles. The van der Waals surface area contributed by atoms with Gasteiger partial charge in [0.25, 0.3) is 5.56 Å². The van der Waals surface area contributed by atoms with Crippen LogP contribution in [0.3, 0.4) is 0 Å². The summed E-state index contributed by atoms with van der Waals surface area (Å²) in [7, 11) is 0. The lowest BCUT2D eigenvalue weighted by molar-refractivity contribution is 1.06. The van der Waals surface area contributed by atoms with Crippen LogP contribution < -0.4 is 5.56 Å². The molecule has 0 aliphatic rings. The zero-order valence-electron chi connectivity index (χ0n) is 12.0. The molecule has 0 saturated heterocycles. The fraction of sp³-hybridized carbons (Fsp3) is 0. The number of para-hydroxylation sites is 3. The molecular weight excluding hydrogens is 306 g/mol. The van der Waals surface area contributed by atoms with Gasteiger partial charge in [-0.05, 0) is 41.8 Å². The third kappa shape index (κ3) is 1.65. The van der Waals surface area contributed by atoms with Gasteiger partial charge in [0, 0.05) is 0 Å². The molecule has 4 nitrogen and oxygen atoms in total. The highest BCUT2D eigenvalue weighted by atomic mass is 32.1. The molecule has 0 amide bonds. The van der Waals surface area contributed by atoms with Gasteiger partial charge in [-0.15, -0.1) is 11.3 Å². The molecule has 0 radical (unpaired) electrons. The van der Waals surface area contributed by atoms with Crippen LogP contribution in [0.1, 0.15) is 0 Å². The average molecular weight is 317 g/mol. The Labute approximate surface area is 134 Å². The number of hydrogen-bond acceptors (Lipinski definition) is 3. The van der Waals surface area contributed by atoms with Crippen LogP contribution in [0, 0.1) is 0 Å². The van der Waals surface area contributed by atoms with Crippen molar-refractivity contribution in [2.75, 3.05) is 0 Å². The van der Waals surface area contributed by atoms with Crippen LogP contribution in [0.4, 0.5) is 0 Å². The van der Waals surface area contributed by atoms with E-state index in [2.05, 4.69) is 0 Å². The first-order valence-electron chi connectivity index (χ1n) is 7.29. The summed E-state index contributed by atoms with van der Waals surface area (Å²) in [5.74, 6) is 0.650. The molecule has 2 aromatic carbocycles. The van der Waals surface area contributed by atoms with Crippen molar-refractivity contribution in [2.45, 2.75) is 0 Å². The first-order valence-corrected chi connectivity index (χ1v) is 8.17. The van der Waals surface area contributed by atoms with E-state index in [0.717, 1.165) is 21.6 Å². The van der Waals surface area contributed by atoms with E-state index in [0.29, 0.717) is 11.2 Å². The summed E-state index contributed by atoms with van der Waals surface area (Å²) in [4.78, 5) is 17.8. The van der Waals surface area contributed by atoms with Crippen molar-refractivity contribution in [1.82, 2.24) is 14.0 Å². The van der Waals surface area contributed by atoms with Crippen molar-refractivity contribution in [3.63, 3.8) is 0 Å². The molecule has 0 unspecified atom stereocenters. The second kappa shape index (κ2) is 4.54. The van der Waals surface area contributed by atoms with Gasteiger partial charge in [-0.2, -0.15) is 0 Å². The maximum absolute atomic E-state index is 13.0. The normalized spacial score (nSPS) is 11.7. The maximum Gasteiger partial charge on any atom is 0.267 e. The first-order chi connectivity index (χ1) is 11.3. The average Bonchev–Trinajstić information content (AvgIpc) is 3.20. The Hall–Kier alpha value is -2.92. The Bertz CT molecular complexity index is 1230. The topological polar surface area (TPSA) is 39.3 Å². The molecule has 23 heavy (non-hydrogen) atoms. The van der Waals surface area contributed by atoms with Gasteiger partial charge in [0.05, 0.1) is 21.9 Å². The van der Waals surface area contributed by atoms with E-state index in [1.807, 2.05) is 70.6 Å². The van der Waals surface area contributed by atoms with Gasteiger partial charge in [-0.3, -0.25) is 9.36 Å². The van der Waals surface area contributed by atoms with Gasteiger partial charge >= 0.3 is 0 Å². The molecule has 0 atom stereocenters. The fourth-order valence-corrected chi connectivity index (χ4v) is 3.79. The van der Waals surface area contributed by atoms with Crippen LogP contribution >= 0.6 is 11.3 Å². The maximum atomic E-state index is 13.0. The Balaban J connectivity index is 2.13. The monoisotopic (exact) mass is 317 g/mol. The number of benzene rings is 2. The van der Waals surface area contributed by atoms with Crippen LogP contribution in [0.5, 0.6) is 0 Å². The summed E-state index contributed by atoms with van der Waals surface area (Å²) in [6.07, 6.45) is 0. The van der Waals surface area contributed by atoms with E-state index in [-0.39, 0.29) is 5.56 Å². The van der Waals surface area contributed by atoms with E-state index in [1.54, 1.807) is 15.7 Å². The first kappa shape index (κ1) is 12.6. The van der Waals surface area contributed by atoms with Gasteiger partial charge in [0.1, 0.15) is 5.00 Å². The van der Waals surface area contributed by atoms with Crippen molar-refractivity contribution in [1.29, 1.82) is 0 Å². The van der Waals surface area contributed by atoms with Crippen molar-refractivity contribution < 1.29 is 0 Å². The minimum absolute atomic E-state index is 0.0305. The van der Waals surface area contributed by atoms with Crippen LogP contribution in [0.2, 0.25) is 0 Å². The highest BCUT2D eigenvalue weighted by molar-refractivity contribution is 7.12. The number of hydrogen-bond donors (Lipinski definition) is 0. The van der Waals surface area contributed by atoms with E-state index >= 15 is 0 Å². The fourth-order valence-electron chi connectivity index (χ4n) is 3.05. The summed E-state index contributed by atoms with van der Waals surface area (Å²) in [5, 5.41) is 3.71. The van der Waals surface area contributed by atoms with E-state index in [4.69, 9.17) is 4.98 Å². The Morgan fingerprint density at radius 2 is 1.65 bits per heavy atom. The summed E-state index contributed by atoms with van der Waals surface area (Å²) in [6.45, 7) is 0. The van der Waals surface area contributed by atoms with Crippen molar-refractivity contribution >= 4 is 39.1 Å². The molecule has 0 fully saturated rings. The number of rotatable bonds is 1. The SMILES string of the molecule is O=c1c2ccccc2nc2n(-c3cccs3)c3ccccc3n12. The Morgan fingerprint density at radius 1 is 0.870 bits per heavy atom. The minimum atomic E-state index is -0.0305. The van der Waals surface area contributed by atoms with Crippen LogP contribution in [0.15, 0.2) is 70.8 Å². The Kier molecular flexibility index (Phi) is 2.49. The highest BCUT2D eigenvalue weighted by Crippen LogP contribution is 2.26. The van der Waals surface area contributed by atoms with E-state index in [9.17, 15) is 4.79 Å². The molecule has 5 heteroatoms. The van der Waals surface area contributed by atoms with Crippen molar-refractivity contribution in [2.24, 2.45) is 0 Å². The zero-order valence-corrected chi connectivity index (χ0v) is 12.8. The van der Waals surface area contributed by atoms with Gasteiger partial charge in [-0.1, -0.05) is 24.3 Å². The second-order valence-corrected chi connectivity index (χ2v) is 6.27. The largest absolute Gasteiger partial charge is 0.269 e. The zero-order chi connectivity index (χ0) is 15.4. The molecule has 0 aliphatic carbocycles. The molecule has 5 rings (SSSR count). The number of nitrogens with zero attached hydrogens (tertiary/aromatic N) is 3. The van der Waals surface area contributed by atoms with Gasteiger partial charge < -0.3 is 0 Å². The lowest BCUT2D eigenvalue weighted by Crippen LogP contribution is -2.14. The van der Waals surface area contributed by atoms with Gasteiger partial charge in [0.2, 0.25) is 5.78 Å². The quantitative estimate of drug-likeness (QED) is 0.471. The smallest absolute Gasteiger partial charge is 0.267 e. The van der Waals surface area contributed by atoms with Gasteiger partial charge in [-0.25, -0.2) is 9.38 Å². The summed E-state index contributed by atoms with van der Waals surface area (Å²) < 4.78 is 3.76. The van der Waals surface area contributed by atoms with Crippen LogP contribution in [0.25, 0.3) is 32.7 Å². The highest BCUT2D eigenvalue weighted by Gasteiger charge is 2.16. The molecule has 0 aliphatic heterocycles. The summed E-state index contributed by atoms with van der Waals surface area (Å²) >= 11 is 1.63. The lowest BCUT2D eigenvalue weighted by Gasteiger charge is -2.03. The molecule has 0 spiro atoms. The molecule has 5 aromatic rings. The number of imidazole rings is 1. The molecule has 3 aromatic heterocycles. The standard InChI is InChI=1S/C18H11N3OS/c22-17-12-6-1-2-7-13(12)19-18-20(16-10-5-11-23-16)14-8-3-4-9-15(14)21(17)18/h1-11H. The molecular formula is C18H11N3OS. The predicted molar refractivity (Wildman–Crippen MR) is 93.7 cm³/mol. The summed E-state index contributed by atoms with van der Waals surface area (Å²) in [6, 6.07) is 19.4. The van der Waals surface area contributed by atoms with E-state index < -0.39 is 0 Å². The third-order valence-corrected chi connectivity index (χ3v) is 4.90. The number of aromatic nitrogens is 3. The molecule has 3 heterocycles. The molecule has 0 N–H and O–H groups in total. The lowest BCUT2D eigenvalue weighted by atomic mass is 10.2. The predicted octanol–water partition coefficient (Wildman–Crippen LogP) is 3.85. The van der Waals surface area contributed by atoms with Crippen LogP contribution in [-0.2, 0) is 0 Å². The third-order valence-electron chi connectivity index (χ3n) is 4.05. The summed E-state index contributed by atoms with van der Waals surface area (Å²) in [5.41, 5.74) is 2.55. The van der Waals surface area contributed by atoms with Crippen molar-refractivity contribution in [3.05, 3.63) is 76.4 Å². The Morgan fingerprint density at radius 3 is 2.48 bits per heavy atom.